The van der Waals surface area contributed by atoms with Crippen LogP contribution in [0, 0.1) is 6.92 Å². The van der Waals surface area contributed by atoms with E-state index in [4.69, 9.17) is 25.5 Å². The highest BCUT2D eigenvalue weighted by molar-refractivity contribution is 6.30. The molecule has 0 amide bonds. The zero-order chi connectivity index (χ0) is 17.4. The van der Waals surface area contributed by atoms with E-state index in [0.717, 1.165) is 11.5 Å². The number of nitrogens with zero attached hydrogens (tertiary/aromatic N) is 1. The third kappa shape index (κ3) is 6.53. The van der Waals surface area contributed by atoms with Gasteiger partial charge in [0.25, 0.3) is 0 Å². The highest BCUT2D eigenvalue weighted by Crippen LogP contribution is 2.16. The van der Waals surface area contributed by atoms with E-state index in [1.807, 2.05) is 19.1 Å². The number of methoxy groups -OCH3 is 1. The molecule has 132 valence electrons. The molecule has 0 bridgehead atoms. The first kappa shape index (κ1) is 18.8. The van der Waals surface area contributed by atoms with Crippen LogP contribution in [0.25, 0.3) is 0 Å². The number of aryl methyl sites for hydroxylation is 1. The van der Waals surface area contributed by atoms with Gasteiger partial charge in [0.1, 0.15) is 30.0 Å². The molecule has 0 saturated heterocycles. The summed E-state index contributed by atoms with van der Waals surface area (Å²) in [6.45, 7) is 4.50. The zero-order valence-electron chi connectivity index (χ0n) is 14.1. The number of hydrogen-bond acceptors (Lipinski definition) is 5. The number of hydrogen-bond donors (Lipinski definition) is 1. The molecular weight excluding hydrogens is 330 g/mol. The summed E-state index contributed by atoms with van der Waals surface area (Å²) in [7, 11) is 1.66. The van der Waals surface area contributed by atoms with Crippen LogP contribution in [0.5, 0.6) is 5.75 Å². The second-order valence-corrected chi connectivity index (χ2v) is 6.10. The van der Waals surface area contributed by atoms with Crippen molar-refractivity contribution in [1.82, 2.24) is 4.90 Å². The van der Waals surface area contributed by atoms with Crippen LogP contribution >= 0.6 is 11.6 Å². The van der Waals surface area contributed by atoms with Crippen LogP contribution < -0.4 is 4.74 Å². The molecule has 24 heavy (non-hydrogen) atoms. The van der Waals surface area contributed by atoms with E-state index in [2.05, 4.69) is 4.90 Å². The maximum absolute atomic E-state index is 10.3. The lowest BCUT2D eigenvalue weighted by Gasteiger charge is -2.24. The molecule has 1 unspecified atom stereocenters. The maximum atomic E-state index is 10.3. The highest BCUT2D eigenvalue weighted by Gasteiger charge is 2.14. The molecule has 0 fully saturated rings. The first-order valence-corrected chi connectivity index (χ1v) is 8.27. The molecule has 2 rings (SSSR count). The van der Waals surface area contributed by atoms with E-state index in [1.165, 1.54) is 0 Å². The normalized spacial score (nSPS) is 12.5. The van der Waals surface area contributed by atoms with Crippen LogP contribution in [-0.4, -0.2) is 49.5 Å². The van der Waals surface area contributed by atoms with E-state index in [-0.39, 0.29) is 6.61 Å². The van der Waals surface area contributed by atoms with Gasteiger partial charge in [-0.25, -0.2) is 0 Å². The lowest BCUT2D eigenvalue weighted by atomic mass is 10.3. The van der Waals surface area contributed by atoms with Gasteiger partial charge in [0.05, 0.1) is 13.2 Å². The molecule has 0 aliphatic carbocycles. The van der Waals surface area contributed by atoms with Gasteiger partial charge in [-0.2, -0.15) is 0 Å². The first-order chi connectivity index (χ1) is 11.6. The number of rotatable bonds is 10. The third-order valence-corrected chi connectivity index (χ3v) is 3.76. The molecule has 1 atom stereocenters. The smallest absolute Gasteiger partial charge is 0.119 e. The van der Waals surface area contributed by atoms with Crippen molar-refractivity contribution in [3.8, 4) is 5.75 Å². The van der Waals surface area contributed by atoms with Crippen LogP contribution in [0.15, 0.2) is 40.8 Å². The lowest BCUT2D eigenvalue weighted by Crippen LogP contribution is -2.37. The van der Waals surface area contributed by atoms with Crippen molar-refractivity contribution < 1.29 is 19.0 Å². The minimum absolute atomic E-state index is 0.211. The number of halogens is 1. The molecule has 0 aliphatic rings. The van der Waals surface area contributed by atoms with Crippen molar-refractivity contribution in [1.29, 1.82) is 0 Å². The maximum Gasteiger partial charge on any atom is 0.119 e. The Balaban J connectivity index is 1.83. The molecule has 5 nitrogen and oxygen atoms in total. The Kier molecular flexibility index (Phi) is 7.59. The van der Waals surface area contributed by atoms with Crippen molar-refractivity contribution in [3.63, 3.8) is 0 Å². The quantitative estimate of drug-likeness (QED) is 0.711. The number of aliphatic hydroxyl groups is 1. The van der Waals surface area contributed by atoms with Gasteiger partial charge in [-0.15, -0.1) is 0 Å². The van der Waals surface area contributed by atoms with E-state index in [0.29, 0.717) is 37.0 Å². The van der Waals surface area contributed by atoms with Crippen molar-refractivity contribution in [2.75, 3.05) is 33.4 Å². The molecule has 0 saturated carbocycles. The van der Waals surface area contributed by atoms with Crippen molar-refractivity contribution in [2.24, 2.45) is 0 Å². The number of aliphatic hydroxyl groups excluding tert-OH is 1. The Morgan fingerprint density at radius 1 is 1.21 bits per heavy atom. The van der Waals surface area contributed by atoms with Gasteiger partial charge in [-0.05, 0) is 43.3 Å². The van der Waals surface area contributed by atoms with Gasteiger partial charge in [0.2, 0.25) is 0 Å². The summed E-state index contributed by atoms with van der Waals surface area (Å²) >= 11 is 5.84. The molecule has 0 aliphatic heterocycles. The summed E-state index contributed by atoms with van der Waals surface area (Å²) in [5.74, 6) is 2.43. The zero-order valence-corrected chi connectivity index (χ0v) is 14.8. The van der Waals surface area contributed by atoms with Crippen LogP contribution in [0.2, 0.25) is 5.02 Å². The van der Waals surface area contributed by atoms with Gasteiger partial charge in [-0.1, -0.05) is 11.6 Å². The standard InChI is InChI=1S/C18H24ClNO4/c1-14-3-6-18(24-14)12-20(9-10-22-2)11-16(21)13-23-17-7-4-15(19)5-8-17/h3-8,16,21H,9-13H2,1-2H3. The SMILES string of the molecule is COCCN(Cc1ccc(C)o1)CC(O)COc1ccc(Cl)cc1. The minimum Gasteiger partial charge on any atom is -0.491 e. The summed E-state index contributed by atoms with van der Waals surface area (Å²) in [5.41, 5.74) is 0. The Bertz CT molecular complexity index is 599. The van der Waals surface area contributed by atoms with E-state index >= 15 is 0 Å². The average Bonchev–Trinajstić information content (AvgIpc) is 2.97. The summed E-state index contributed by atoms with van der Waals surface area (Å²) in [6, 6.07) is 11.0. The van der Waals surface area contributed by atoms with Crippen LogP contribution in [0.1, 0.15) is 11.5 Å². The Labute approximate surface area is 147 Å². The summed E-state index contributed by atoms with van der Waals surface area (Å²) in [4.78, 5) is 2.08. The highest BCUT2D eigenvalue weighted by atomic mass is 35.5. The first-order valence-electron chi connectivity index (χ1n) is 7.90. The van der Waals surface area contributed by atoms with Crippen molar-refractivity contribution in [2.45, 2.75) is 19.6 Å². The second kappa shape index (κ2) is 9.69. The fourth-order valence-corrected chi connectivity index (χ4v) is 2.45. The monoisotopic (exact) mass is 353 g/mol. The molecule has 0 radical (unpaired) electrons. The number of furan rings is 1. The van der Waals surface area contributed by atoms with Gasteiger partial charge < -0.3 is 19.0 Å². The fourth-order valence-electron chi connectivity index (χ4n) is 2.32. The largest absolute Gasteiger partial charge is 0.491 e. The summed E-state index contributed by atoms with van der Waals surface area (Å²) in [6.07, 6.45) is -0.617. The summed E-state index contributed by atoms with van der Waals surface area (Å²) < 4.78 is 16.3. The van der Waals surface area contributed by atoms with Crippen molar-refractivity contribution >= 4 is 11.6 Å². The molecule has 2 aromatic rings. The second-order valence-electron chi connectivity index (χ2n) is 5.66. The van der Waals surface area contributed by atoms with E-state index in [9.17, 15) is 5.11 Å². The van der Waals surface area contributed by atoms with Crippen LogP contribution in [0.3, 0.4) is 0 Å². The minimum atomic E-state index is -0.617. The topological polar surface area (TPSA) is 55.1 Å². The molecule has 0 spiro atoms. The van der Waals surface area contributed by atoms with Gasteiger partial charge >= 0.3 is 0 Å². The Morgan fingerprint density at radius 3 is 2.58 bits per heavy atom. The number of benzene rings is 1. The van der Waals surface area contributed by atoms with Gasteiger partial charge in [-0.3, -0.25) is 4.90 Å². The molecular formula is C18H24ClNO4. The van der Waals surface area contributed by atoms with Crippen LogP contribution in [0.4, 0.5) is 0 Å². The predicted molar refractivity (Wildman–Crippen MR) is 93.6 cm³/mol. The fraction of sp³-hybridized carbons (Fsp3) is 0.444. The molecule has 1 aromatic heterocycles. The molecule has 6 heteroatoms. The molecule has 1 N–H and O–H groups in total. The Morgan fingerprint density at radius 2 is 1.96 bits per heavy atom. The van der Waals surface area contributed by atoms with Crippen molar-refractivity contribution in [3.05, 3.63) is 52.9 Å². The summed E-state index contributed by atoms with van der Waals surface area (Å²) in [5, 5.41) is 10.9. The van der Waals surface area contributed by atoms with E-state index < -0.39 is 6.10 Å². The average molecular weight is 354 g/mol. The van der Waals surface area contributed by atoms with E-state index in [1.54, 1.807) is 31.4 Å². The molecule has 1 heterocycles. The van der Waals surface area contributed by atoms with Gasteiger partial charge in [0, 0.05) is 25.2 Å². The van der Waals surface area contributed by atoms with Crippen LogP contribution in [-0.2, 0) is 11.3 Å². The predicted octanol–water partition coefficient (Wildman–Crippen LogP) is 3.13. The third-order valence-electron chi connectivity index (χ3n) is 3.51. The lowest BCUT2D eigenvalue weighted by molar-refractivity contribution is 0.0516. The van der Waals surface area contributed by atoms with Gasteiger partial charge in [0.15, 0.2) is 0 Å². The molecule has 1 aromatic carbocycles. The number of ether oxygens (including phenoxy) is 2. The Hall–Kier alpha value is -1.53.